The van der Waals surface area contributed by atoms with Gasteiger partial charge in [-0.25, -0.2) is 0 Å². The van der Waals surface area contributed by atoms with E-state index in [0.29, 0.717) is 12.6 Å². The molecule has 0 fully saturated rings. The van der Waals surface area contributed by atoms with Gasteiger partial charge in [0.05, 0.1) is 0 Å². The van der Waals surface area contributed by atoms with Crippen molar-refractivity contribution in [2.45, 2.75) is 25.7 Å². The van der Waals surface area contributed by atoms with Gasteiger partial charge in [0.1, 0.15) is 0 Å². The molecule has 0 aliphatic rings. The van der Waals surface area contributed by atoms with Crippen LogP contribution in [0.5, 0.6) is 0 Å². The number of aliphatic hydroxyl groups is 1. The maximum atomic E-state index is 8.49. The third-order valence-electron chi connectivity index (χ3n) is 1.63. The number of nitrogens with one attached hydrogen (secondary N) is 1. The van der Waals surface area contributed by atoms with E-state index >= 15 is 0 Å². The molecule has 0 aliphatic carbocycles. The Hall–Kier alpha value is -0.770. The highest BCUT2D eigenvalue weighted by Gasteiger charge is 1.90. The zero-order chi connectivity index (χ0) is 9.23. The summed E-state index contributed by atoms with van der Waals surface area (Å²) in [7, 11) is 1.66. The fourth-order valence-electron chi connectivity index (χ4n) is 0.886. The first-order chi connectivity index (χ1) is 5.81. The van der Waals surface area contributed by atoms with E-state index in [0.717, 1.165) is 32.2 Å². The van der Waals surface area contributed by atoms with Gasteiger partial charge in [0.15, 0.2) is 5.96 Å². The molecule has 0 unspecified atom stereocenters. The maximum Gasteiger partial charge on any atom is 0.188 e. The highest BCUT2D eigenvalue weighted by molar-refractivity contribution is 5.77. The molecule has 0 rings (SSSR count). The second-order valence-corrected chi connectivity index (χ2v) is 2.67. The standard InChI is InChI=1S/C8H19N3O/c1-10-8(9)11-6-4-2-3-5-7-12/h12H,2-7H2,1H3,(H3,9,10,11). The predicted octanol–water partition coefficient (Wildman–Crippen LogP) is 0.0732. The highest BCUT2D eigenvalue weighted by Crippen LogP contribution is 1.96. The summed E-state index contributed by atoms with van der Waals surface area (Å²) in [5.74, 6) is 0.497. The molecular formula is C8H19N3O. The third-order valence-corrected chi connectivity index (χ3v) is 1.63. The number of unbranched alkanes of at least 4 members (excludes halogenated alkanes) is 3. The van der Waals surface area contributed by atoms with Crippen LogP contribution in [0.3, 0.4) is 0 Å². The van der Waals surface area contributed by atoms with Crippen molar-refractivity contribution >= 4 is 5.96 Å². The molecule has 0 aromatic heterocycles. The molecule has 72 valence electrons. The molecule has 0 aromatic carbocycles. The first-order valence-corrected chi connectivity index (χ1v) is 4.38. The van der Waals surface area contributed by atoms with Gasteiger partial charge in [0.25, 0.3) is 0 Å². The van der Waals surface area contributed by atoms with Gasteiger partial charge in [-0.15, -0.1) is 0 Å². The molecule has 12 heavy (non-hydrogen) atoms. The van der Waals surface area contributed by atoms with E-state index in [4.69, 9.17) is 10.8 Å². The summed E-state index contributed by atoms with van der Waals surface area (Å²) in [6.45, 7) is 1.17. The number of nitrogens with two attached hydrogens (primary N) is 1. The average molecular weight is 173 g/mol. The van der Waals surface area contributed by atoms with Gasteiger partial charge >= 0.3 is 0 Å². The summed E-state index contributed by atoms with van der Waals surface area (Å²) >= 11 is 0. The quantitative estimate of drug-likeness (QED) is 0.302. The van der Waals surface area contributed by atoms with Crippen molar-refractivity contribution in [3.63, 3.8) is 0 Å². The summed E-state index contributed by atoms with van der Waals surface area (Å²) < 4.78 is 0. The van der Waals surface area contributed by atoms with Gasteiger partial charge in [-0.2, -0.15) is 0 Å². The van der Waals surface area contributed by atoms with Gasteiger partial charge in [0.2, 0.25) is 0 Å². The Balaban J connectivity index is 3.00. The molecule has 0 amide bonds. The van der Waals surface area contributed by atoms with Crippen molar-refractivity contribution in [3.05, 3.63) is 0 Å². The largest absolute Gasteiger partial charge is 0.396 e. The molecule has 0 spiro atoms. The molecule has 0 atom stereocenters. The van der Waals surface area contributed by atoms with Gasteiger partial charge in [-0.1, -0.05) is 12.8 Å². The van der Waals surface area contributed by atoms with Crippen LogP contribution in [-0.4, -0.2) is 31.3 Å². The SMILES string of the molecule is CN=C(N)NCCCCCCO. The number of aliphatic imine (C=N–C) groups is 1. The summed E-state index contributed by atoms with van der Waals surface area (Å²) in [5, 5.41) is 11.5. The number of hydrogen-bond acceptors (Lipinski definition) is 2. The molecule has 0 aromatic rings. The zero-order valence-electron chi connectivity index (χ0n) is 7.71. The average Bonchev–Trinajstić information content (AvgIpc) is 2.10. The Morgan fingerprint density at radius 2 is 2.00 bits per heavy atom. The van der Waals surface area contributed by atoms with E-state index in [1.54, 1.807) is 7.05 Å². The molecular weight excluding hydrogens is 154 g/mol. The Labute approximate surface area is 73.9 Å². The van der Waals surface area contributed by atoms with Crippen molar-refractivity contribution in [2.24, 2.45) is 10.7 Å². The molecule has 4 heteroatoms. The second-order valence-electron chi connectivity index (χ2n) is 2.67. The number of hydrogen-bond donors (Lipinski definition) is 3. The number of guanidine groups is 1. The first-order valence-electron chi connectivity index (χ1n) is 4.38. The van der Waals surface area contributed by atoms with Crippen LogP contribution in [0.15, 0.2) is 4.99 Å². The van der Waals surface area contributed by atoms with Gasteiger partial charge in [-0.05, 0) is 12.8 Å². The lowest BCUT2D eigenvalue weighted by Gasteiger charge is -2.03. The molecule has 0 aliphatic heterocycles. The van der Waals surface area contributed by atoms with Crippen molar-refractivity contribution in [1.82, 2.24) is 5.32 Å². The van der Waals surface area contributed by atoms with Crippen LogP contribution >= 0.6 is 0 Å². The lowest BCUT2D eigenvalue weighted by molar-refractivity contribution is 0.282. The fraction of sp³-hybridized carbons (Fsp3) is 0.875. The van der Waals surface area contributed by atoms with Crippen LogP contribution in [0.1, 0.15) is 25.7 Å². The van der Waals surface area contributed by atoms with E-state index in [-0.39, 0.29) is 0 Å². The molecule has 0 saturated carbocycles. The van der Waals surface area contributed by atoms with Crippen LogP contribution in [0.25, 0.3) is 0 Å². The summed E-state index contributed by atoms with van der Waals surface area (Å²) in [6.07, 6.45) is 4.19. The Morgan fingerprint density at radius 3 is 2.58 bits per heavy atom. The topological polar surface area (TPSA) is 70.6 Å². The number of nitrogens with zero attached hydrogens (tertiary/aromatic N) is 1. The minimum absolute atomic E-state index is 0.298. The zero-order valence-corrected chi connectivity index (χ0v) is 7.71. The predicted molar refractivity (Wildman–Crippen MR) is 51.1 cm³/mol. The van der Waals surface area contributed by atoms with E-state index in [1.807, 2.05) is 0 Å². The first kappa shape index (κ1) is 11.2. The van der Waals surface area contributed by atoms with Crippen LogP contribution in [0, 0.1) is 0 Å². The summed E-state index contributed by atoms with van der Waals surface area (Å²) in [5.41, 5.74) is 5.41. The Kier molecular flexibility index (Phi) is 7.79. The minimum atomic E-state index is 0.298. The molecule has 0 bridgehead atoms. The van der Waals surface area contributed by atoms with Crippen molar-refractivity contribution < 1.29 is 5.11 Å². The maximum absolute atomic E-state index is 8.49. The van der Waals surface area contributed by atoms with Crippen LogP contribution in [0.4, 0.5) is 0 Å². The fourth-order valence-corrected chi connectivity index (χ4v) is 0.886. The minimum Gasteiger partial charge on any atom is -0.396 e. The Bertz CT molecular complexity index is 125. The van der Waals surface area contributed by atoms with E-state index < -0.39 is 0 Å². The lowest BCUT2D eigenvalue weighted by atomic mass is 10.2. The highest BCUT2D eigenvalue weighted by atomic mass is 16.2. The third kappa shape index (κ3) is 7.34. The van der Waals surface area contributed by atoms with Gasteiger partial charge in [0, 0.05) is 20.2 Å². The monoisotopic (exact) mass is 173 g/mol. The molecule has 0 heterocycles. The van der Waals surface area contributed by atoms with Gasteiger partial charge < -0.3 is 16.2 Å². The summed E-state index contributed by atoms with van der Waals surface area (Å²) in [6, 6.07) is 0. The molecule has 4 nitrogen and oxygen atoms in total. The molecule has 4 N–H and O–H groups in total. The van der Waals surface area contributed by atoms with Crippen LogP contribution in [0.2, 0.25) is 0 Å². The Morgan fingerprint density at radius 1 is 1.33 bits per heavy atom. The second kappa shape index (κ2) is 8.33. The molecule has 0 saturated heterocycles. The normalized spacial score (nSPS) is 11.7. The van der Waals surface area contributed by atoms with Crippen LogP contribution < -0.4 is 11.1 Å². The van der Waals surface area contributed by atoms with Crippen LogP contribution in [-0.2, 0) is 0 Å². The summed E-state index contributed by atoms with van der Waals surface area (Å²) in [4.78, 5) is 3.77. The number of aliphatic hydroxyl groups excluding tert-OH is 1. The van der Waals surface area contributed by atoms with Crippen molar-refractivity contribution in [2.75, 3.05) is 20.2 Å². The van der Waals surface area contributed by atoms with Crippen molar-refractivity contribution in [3.8, 4) is 0 Å². The number of rotatable bonds is 6. The molecule has 0 radical (unpaired) electrons. The van der Waals surface area contributed by atoms with E-state index in [9.17, 15) is 0 Å². The lowest BCUT2D eigenvalue weighted by Crippen LogP contribution is -2.31. The smallest absolute Gasteiger partial charge is 0.188 e. The van der Waals surface area contributed by atoms with E-state index in [1.165, 1.54) is 0 Å². The van der Waals surface area contributed by atoms with Crippen molar-refractivity contribution in [1.29, 1.82) is 0 Å². The van der Waals surface area contributed by atoms with E-state index in [2.05, 4.69) is 10.3 Å². The van der Waals surface area contributed by atoms with Gasteiger partial charge in [-0.3, -0.25) is 4.99 Å².